The summed E-state index contributed by atoms with van der Waals surface area (Å²) >= 11 is 0. The summed E-state index contributed by atoms with van der Waals surface area (Å²) in [7, 11) is 0. The molecule has 0 aliphatic carbocycles. The molecule has 0 saturated carbocycles. The minimum absolute atomic E-state index is 0.114. The topological polar surface area (TPSA) is 144 Å². The molecule has 2 bridgehead atoms. The van der Waals surface area contributed by atoms with Gasteiger partial charge in [0.15, 0.2) is 17.7 Å². The van der Waals surface area contributed by atoms with Crippen molar-refractivity contribution in [3.05, 3.63) is 81.7 Å². The van der Waals surface area contributed by atoms with Crippen LogP contribution in [0.2, 0.25) is 0 Å². The maximum Gasteiger partial charge on any atom is 0.187 e. The number of allylic oxidation sites excluding steroid dienone is 1. The number of aliphatic imine (C=N–C) groups is 1. The van der Waals surface area contributed by atoms with E-state index in [2.05, 4.69) is 42.6 Å². The van der Waals surface area contributed by atoms with E-state index >= 15 is 0 Å². The van der Waals surface area contributed by atoms with Crippen LogP contribution in [0.5, 0.6) is 11.5 Å². The number of unbranched alkanes of at least 4 members (excludes halogenated alkanes) is 4. The fraction of sp³-hybridized carbons (Fsp3) is 0.488. The van der Waals surface area contributed by atoms with Crippen molar-refractivity contribution in [3.63, 3.8) is 0 Å². The van der Waals surface area contributed by atoms with Crippen LogP contribution in [0.3, 0.4) is 0 Å². The molecule has 2 aromatic rings. The Bertz CT molecular complexity index is 1840. The minimum atomic E-state index is -1.05. The lowest BCUT2D eigenvalue weighted by atomic mass is 9.86. The van der Waals surface area contributed by atoms with Crippen molar-refractivity contribution in [1.82, 2.24) is 4.90 Å². The number of ether oxygens (including phenoxy) is 2. The average molecular weight is 705 g/mol. The number of nitrogens with zero attached hydrogens (tertiary/aromatic N) is 2. The van der Waals surface area contributed by atoms with E-state index < -0.39 is 30.5 Å². The zero-order chi connectivity index (χ0) is 36.6. The summed E-state index contributed by atoms with van der Waals surface area (Å²) in [6.45, 7) is 4.86. The van der Waals surface area contributed by atoms with E-state index in [1.54, 1.807) is 0 Å². The predicted molar refractivity (Wildman–Crippen MR) is 203 cm³/mol. The number of Topliss-reactive ketones (excluding diaryl/α,β-unsaturated/α-hetero) is 1. The van der Waals surface area contributed by atoms with E-state index in [0.29, 0.717) is 55.7 Å². The molecule has 0 fully saturated rings. The number of hydrogen-bond acceptors (Lipinski definition) is 9. The van der Waals surface area contributed by atoms with Crippen molar-refractivity contribution in [3.8, 4) is 35.4 Å². The molecule has 9 nitrogen and oxygen atoms in total. The van der Waals surface area contributed by atoms with E-state index in [-0.39, 0.29) is 11.7 Å². The molecule has 0 aromatic heterocycles. The molecule has 5 atom stereocenters. The van der Waals surface area contributed by atoms with Crippen molar-refractivity contribution in [2.24, 2.45) is 28.3 Å². The summed E-state index contributed by atoms with van der Waals surface area (Å²) < 4.78 is 12.7. The molecular formula is C43H52N4O5. The smallest absolute Gasteiger partial charge is 0.187 e. The molecule has 4 aliphatic rings. The van der Waals surface area contributed by atoms with E-state index in [0.717, 1.165) is 78.5 Å². The quantitative estimate of drug-likeness (QED) is 0.104. The van der Waals surface area contributed by atoms with Crippen molar-refractivity contribution >= 4 is 12.0 Å². The molecule has 0 saturated heterocycles. The third-order valence-corrected chi connectivity index (χ3v) is 10.6. The number of rotatable bonds is 14. The highest BCUT2D eigenvalue weighted by Crippen LogP contribution is 2.38. The standard InChI is InChI=1S/C43H52N4O5/c1-3-5-7-11-34(37(48)12-8-6-4-2)39(50)18-13-28-14-20-40-41(22-28)52-43-29(10-9-21-51-40)16-19-38(49)33-17-15-30(42(44)45)23-31(33)24-32-25-46-36-27-47(43)26-35(32)36/h14-15,17,20,22-23,25,27,29,34,37-38,42-43,48-49H,3-8,10-13,18,24,26,44-45H2,1-2H3. The third kappa shape index (κ3) is 8.80. The van der Waals surface area contributed by atoms with Crippen LogP contribution in [0.4, 0.5) is 0 Å². The van der Waals surface area contributed by atoms with Crippen molar-refractivity contribution in [2.75, 3.05) is 6.54 Å². The molecular weight excluding hydrogens is 652 g/mol. The van der Waals surface area contributed by atoms with Crippen LogP contribution >= 0.6 is 0 Å². The highest BCUT2D eigenvalue weighted by Gasteiger charge is 2.36. The van der Waals surface area contributed by atoms with Crippen molar-refractivity contribution in [2.45, 2.75) is 115 Å². The number of nitrogens with two attached hydrogens (primary N) is 2. The molecule has 5 unspecified atom stereocenters. The molecule has 274 valence electrons. The van der Waals surface area contributed by atoms with Gasteiger partial charge in [-0.1, -0.05) is 94.4 Å². The van der Waals surface area contributed by atoms with Gasteiger partial charge in [0.05, 0.1) is 23.9 Å². The minimum Gasteiger partial charge on any atom is -0.465 e. The predicted octanol–water partition coefficient (Wildman–Crippen LogP) is 6.14. The Morgan fingerprint density at radius 2 is 1.85 bits per heavy atom. The SMILES string of the molecule is CCCCCC(O)C(CCCCC)C(=O)CCc1ccc2c(c1)OC1C(C#CC(O)c3ccc(C(N)N)cc3CC3=C4CN1C=C4N=C3)CC#CO2. The number of aliphatic hydroxyl groups excluding tert-OH is 2. The van der Waals surface area contributed by atoms with Gasteiger partial charge in [-0.25, -0.2) is 0 Å². The van der Waals surface area contributed by atoms with Gasteiger partial charge in [0.2, 0.25) is 0 Å². The highest BCUT2D eigenvalue weighted by atomic mass is 16.5. The van der Waals surface area contributed by atoms with Gasteiger partial charge in [-0.3, -0.25) is 9.79 Å². The van der Waals surface area contributed by atoms with Gasteiger partial charge < -0.3 is 36.1 Å². The van der Waals surface area contributed by atoms with Crippen LogP contribution in [-0.4, -0.2) is 46.0 Å². The average Bonchev–Trinajstić information content (AvgIpc) is 3.74. The molecule has 2 aromatic carbocycles. The molecule has 4 aliphatic heterocycles. The van der Waals surface area contributed by atoms with E-state index in [1.807, 2.05) is 48.8 Å². The van der Waals surface area contributed by atoms with Crippen LogP contribution in [0.25, 0.3) is 0 Å². The van der Waals surface area contributed by atoms with Gasteiger partial charge >= 0.3 is 0 Å². The number of benzene rings is 2. The second-order valence-corrected chi connectivity index (χ2v) is 14.4. The number of aliphatic hydroxyl groups is 2. The van der Waals surface area contributed by atoms with Crippen molar-refractivity contribution in [1.29, 1.82) is 0 Å². The number of carbonyl (C=O) groups is 1. The van der Waals surface area contributed by atoms with Gasteiger partial charge in [-0.15, -0.1) is 0 Å². The number of fused-ring (bicyclic) bond motifs is 5. The Hall–Kier alpha value is -4.38. The summed E-state index contributed by atoms with van der Waals surface area (Å²) in [6, 6.07) is 11.4. The van der Waals surface area contributed by atoms with Gasteiger partial charge in [0, 0.05) is 43.3 Å². The Morgan fingerprint density at radius 1 is 1.04 bits per heavy atom. The van der Waals surface area contributed by atoms with Gasteiger partial charge in [-0.2, -0.15) is 0 Å². The first-order valence-electron chi connectivity index (χ1n) is 19.0. The second-order valence-electron chi connectivity index (χ2n) is 14.4. The third-order valence-electron chi connectivity index (χ3n) is 10.6. The van der Waals surface area contributed by atoms with Crippen LogP contribution in [0, 0.1) is 35.7 Å². The van der Waals surface area contributed by atoms with E-state index in [1.165, 1.54) is 0 Å². The molecule has 52 heavy (non-hydrogen) atoms. The largest absolute Gasteiger partial charge is 0.465 e. The highest BCUT2D eigenvalue weighted by molar-refractivity contribution is 5.87. The van der Waals surface area contributed by atoms with Gasteiger partial charge in [0.25, 0.3) is 0 Å². The number of hydrogen-bond donors (Lipinski definition) is 4. The Kier molecular flexibility index (Phi) is 12.5. The van der Waals surface area contributed by atoms with Crippen LogP contribution < -0.4 is 20.9 Å². The molecule has 6 rings (SSSR count). The maximum atomic E-state index is 13.6. The van der Waals surface area contributed by atoms with Crippen LogP contribution in [-0.2, 0) is 17.6 Å². The fourth-order valence-electron chi connectivity index (χ4n) is 7.49. The zero-order valence-electron chi connectivity index (χ0n) is 30.4. The first-order chi connectivity index (χ1) is 25.2. The Balaban J connectivity index is 1.26. The number of aryl methyl sites for hydroxylation is 1. The van der Waals surface area contributed by atoms with Crippen molar-refractivity contribution < 1.29 is 24.5 Å². The van der Waals surface area contributed by atoms with Gasteiger partial charge in [0.1, 0.15) is 18.0 Å². The lowest BCUT2D eigenvalue weighted by molar-refractivity contribution is -0.126. The maximum absolute atomic E-state index is 13.6. The first-order valence-corrected chi connectivity index (χ1v) is 19.0. The summed E-state index contributed by atoms with van der Waals surface area (Å²) in [4.78, 5) is 20.4. The molecule has 9 heteroatoms. The monoisotopic (exact) mass is 704 g/mol. The van der Waals surface area contributed by atoms with E-state index in [4.69, 9.17) is 25.9 Å². The normalized spacial score (nSPS) is 21.2. The zero-order valence-corrected chi connectivity index (χ0v) is 30.4. The van der Waals surface area contributed by atoms with Gasteiger partial charge in [-0.05, 0) is 65.6 Å². The number of ketones is 1. The van der Waals surface area contributed by atoms with E-state index in [9.17, 15) is 15.0 Å². The second kappa shape index (κ2) is 17.4. The summed E-state index contributed by atoms with van der Waals surface area (Å²) in [5, 5.41) is 22.4. The lowest BCUT2D eigenvalue weighted by Crippen LogP contribution is -2.41. The Labute approximate surface area is 308 Å². The Morgan fingerprint density at radius 3 is 2.63 bits per heavy atom. The molecule has 4 heterocycles. The summed E-state index contributed by atoms with van der Waals surface area (Å²) in [5.74, 6) is 9.88. The van der Waals surface area contributed by atoms with Crippen LogP contribution in [0.15, 0.2) is 64.4 Å². The molecule has 6 N–H and O–H groups in total. The summed E-state index contributed by atoms with van der Waals surface area (Å²) in [6.07, 6.45) is 13.2. The lowest BCUT2D eigenvalue weighted by Gasteiger charge is -2.32. The first kappa shape index (κ1) is 37.4. The molecule has 0 spiro atoms. The summed E-state index contributed by atoms with van der Waals surface area (Å²) in [5.41, 5.74) is 18.4. The number of carbonyl (C=O) groups excluding carboxylic acids is 1. The van der Waals surface area contributed by atoms with Crippen LogP contribution in [0.1, 0.15) is 113 Å². The fourth-order valence-corrected chi connectivity index (χ4v) is 7.49. The molecule has 0 amide bonds. The molecule has 0 radical (unpaired) electrons.